The number of rotatable bonds is 8. The fourth-order valence-corrected chi connectivity index (χ4v) is 2.67. The number of nitrogens with zero attached hydrogens (tertiary/aromatic N) is 3. The van der Waals surface area contributed by atoms with Crippen LogP contribution in [0.4, 0.5) is 5.69 Å². The van der Waals surface area contributed by atoms with Crippen molar-refractivity contribution in [1.82, 2.24) is 10.1 Å². The summed E-state index contributed by atoms with van der Waals surface area (Å²) in [6.07, 6.45) is 0.310. The number of aromatic nitrogens is 2. The third kappa shape index (κ3) is 5.03. The molecule has 0 radical (unpaired) electrons. The third-order valence-electron chi connectivity index (χ3n) is 4.08. The fraction of sp³-hybridized carbons (Fsp3) is 0.238. The first-order chi connectivity index (χ1) is 13.7. The number of para-hydroxylation sites is 1. The summed E-state index contributed by atoms with van der Waals surface area (Å²) in [4.78, 5) is 30.1. The van der Waals surface area contributed by atoms with Gasteiger partial charge >= 0.3 is 5.97 Å². The quantitative estimate of drug-likeness (QED) is 0.559. The molecule has 28 heavy (non-hydrogen) atoms. The van der Waals surface area contributed by atoms with Crippen LogP contribution in [0.25, 0.3) is 11.4 Å². The van der Waals surface area contributed by atoms with Gasteiger partial charge in [0.05, 0.1) is 6.42 Å². The van der Waals surface area contributed by atoms with Crippen LogP contribution in [0, 0.1) is 0 Å². The Hall–Kier alpha value is -3.48. The monoisotopic (exact) mass is 379 g/mol. The van der Waals surface area contributed by atoms with Gasteiger partial charge in [-0.3, -0.25) is 9.59 Å². The second kappa shape index (κ2) is 9.45. The van der Waals surface area contributed by atoms with Gasteiger partial charge in [0.2, 0.25) is 11.7 Å². The van der Waals surface area contributed by atoms with Gasteiger partial charge in [0.1, 0.15) is 0 Å². The minimum Gasteiger partial charge on any atom is -0.456 e. The van der Waals surface area contributed by atoms with Gasteiger partial charge in [-0.2, -0.15) is 4.98 Å². The summed E-state index contributed by atoms with van der Waals surface area (Å²) in [7, 11) is 0. The van der Waals surface area contributed by atoms with E-state index in [1.165, 1.54) is 0 Å². The SMILES string of the molecule is CCN(C(=O)COC(=O)CCc1nc(-c2ccccc2)no1)c1ccccc1. The Balaban J connectivity index is 1.47. The van der Waals surface area contributed by atoms with Crippen molar-refractivity contribution in [2.75, 3.05) is 18.1 Å². The number of hydrogen-bond acceptors (Lipinski definition) is 6. The van der Waals surface area contributed by atoms with Crippen LogP contribution in [-0.4, -0.2) is 35.2 Å². The van der Waals surface area contributed by atoms with Crippen LogP contribution in [0.15, 0.2) is 65.2 Å². The van der Waals surface area contributed by atoms with E-state index in [2.05, 4.69) is 10.1 Å². The van der Waals surface area contributed by atoms with Crippen molar-refractivity contribution < 1.29 is 18.8 Å². The van der Waals surface area contributed by atoms with E-state index in [-0.39, 0.29) is 25.4 Å². The van der Waals surface area contributed by atoms with Crippen molar-refractivity contribution in [3.63, 3.8) is 0 Å². The summed E-state index contributed by atoms with van der Waals surface area (Å²) < 4.78 is 10.3. The first-order valence-corrected chi connectivity index (χ1v) is 9.06. The molecule has 1 heterocycles. The second-order valence-corrected chi connectivity index (χ2v) is 6.01. The van der Waals surface area contributed by atoms with E-state index in [0.717, 1.165) is 11.3 Å². The van der Waals surface area contributed by atoms with Crippen molar-refractivity contribution in [2.45, 2.75) is 19.8 Å². The minimum absolute atomic E-state index is 0.0567. The van der Waals surface area contributed by atoms with Gasteiger partial charge < -0.3 is 14.2 Å². The van der Waals surface area contributed by atoms with E-state index in [4.69, 9.17) is 9.26 Å². The van der Waals surface area contributed by atoms with E-state index < -0.39 is 5.97 Å². The summed E-state index contributed by atoms with van der Waals surface area (Å²) in [6, 6.07) is 18.7. The molecule has 0 aliphatic rings. The molecule has 0 N–H and O–H groups in total. The molecule has 0 aliphatic heterocycles. The average molecular weight is 379 g/mol. The van der Waals surface area contributed by atoms with Crippen molar-refractivity contribution in [3.05, 3.63) is 66.6 Å². The lowest BCUT2D eigenvalue weighted by atomic mass is 10.2. The van der Waals surface area contributed by atoms with Crippen molar-refractivity contribution in [1.29, 1.82) is 0 Å². The van der Waals surface area contributed by atoms with Gasteiger partial charge in [0.15, 0.2) is 6.61 Å². The maximum Gasteiger partial charge on any atom is 0.306 e. The maximum atomic E-state index is 12.3. The molecule has 0 saturated carbocycles. The number of ether oxygens (including phenoxy) is 1. The number of esters is 1. The van der Waals surface area contributed by atoms with Crippen LogP contribution in [0.3, 0.4) is 0 Å². The smallest absolute Gasteiger partial charge is 0.306 e. The molecular formula is C21H21N3O4. The van der Waals surface area contributed by atoms with Gasteiger partial charge in [-0.1, -0.05) is 53.7 Å². The standard InChI is InChI=1S/C21H21N3O4/c1-2-24(17-11-7-4-8-12-17)19(25)15-27-20(26)14-13-18-22-21(23-28-18)16-9-5-3-6-10-16/h3-12H,2,13-15H2,1H3. The molecule has 0 aliphatic carbocycles. The number of carbonyl (C=O) groups is 2. The molecule has 3 rings (SSSR count). The molecule has 0 saturated heterocycles. The molecule has 0 fully saturated rings. The largest absolute Gasteiger partial charge is 0.456 e. The second-order valence-electron chi connectivity index (χ2n) is 6.01. The van der Waals surface area contributed by atoms with Crippen molar-refractivity contribution >= 4 is 17.6 Å². The van der Waals surface area contributed by atoms with Gasteiger partial charge in [-0.05, 0) is 19.1 Å². The fourth-order valence-electron chi connectivity index (χ4n) is 2.67. The number of anilines is 1. The number of aryl methyl sites for hydroxylation is 1. The van der Waals surface area contributed by atoms with Gasteiger partial charge in [-0.15, -0.1) is 0 Å². The molecule has 144 valence electrons. The zero-order valence-electron chi connectivity index (χ0n) is 15.6. The van der Waals surface area contributed by atoms with Gasteiger partial charge in [0, 0.05) is 24.2 Å². The molecule has 7 heteroatoms. The van der Waals surface area contributed by atoms with Crippen molar-refractivity contribution in [3.8, 4) is 11.4 Å². The minimum atomic E-state index is -0.489. The Kier molecular flexibility index (Phi) is 6.51. The number of carbonyl (C=O) groups excluding carboxylic acids is 2. The lowest BCUT2D eigenvalue weighted by Crippen LogP contribution is -2.34. The number of likely N-dealkylation sites (N-methyl/N-ethyl adjacent to an activating group) is 1. The Bertz CT molecular complexity index is 910. The Labute approximate surface area is 162 Å². The summed E-state index contributed by atoms with van der Waals surface area (Å²) in [5.74, 6) is 0.0605. The number of benzene rings is 2. The van der Waals surface area contributed by atoms with Crippen LogP contribution in [0.2, 0.25) is 0 Å². The van der Waals surface area contributed by atoms with E-state index >= 15 is 0 Å². The van der Waals surface area contributed by atoms with E-state index in [1.54, 1.807) is 4.90 Å². The summed E-state index contributed by atoms with van der Waals surface area (Å²) >= 11 is 0. The molecule has 0 bridgehead atoms. The maximum absolute atomic E-state index is 12.3. The molecular weight excluding hydrogens is 358 g/mol. The van der Waals surface area contributed by atoms with Gasteiger partial charge in [-0.25, -0.2) is 0 Å². The third-order valence-corrected chi connectivity index (χ3v) is 4.08. The highest BCUT2D eigenvalue weighted by Crippen LogP contribution is 2.16. The number of amides is 1. The zero-order valence-corrected chi connectivity index (χ0v) is 15.6. The molecule has 0 unspecified atom stereocenters. The first-order valence-electron chi connectivity index (χ1n) is 9.06. The summed E-state index contributed by atoms with van der Waals surface area (Å²) in [6.45, 7) is 2.05. The highest BCUT2D eigenvalue weighted by molar-refractivity contribution is 5.95. The molecule has 3 aromatic rings. The van der Waals surface area contributed by atoms with Crippen LogP contribution in [-0.2, 0) is 20.7 Å². The normalized spacial score (nSPS) is 10.5. The molecule has 0 atom stereocenters. The van der Waals surface area contributed by atoms with Crippen molar-refractivity contribution in [2.24, 2.45) is 0 Å². The zero-order chi connectivity index (χ0) is 19.8. The van der Waals surface area contributed by atoms with E-state index in [0.29, 0.717) is 18.3 Å². The van der Waals surface area contributed by atoms with E-state index in [1.807, 2.05) is 67.6 Å². The Morgan fingerprint density at radius 2 is 1.71 bits per heavy atom. The molecule has 1 aromatic heterocycles. The lowest BCUT2D eigenvalue weighted by Gasteiger charge is -2.20. The predicted molar refractivity (Wildman–Crippen MR) is 103 cm³/mol. The Morgan fingerprint density at radius 3 is 2.39 bits per heavy atom. The topological polar surface area (TPSA) is 85.5 Å². The number of hydrogen-bond donors (Lipinski definition) is 0. The highest BCUT2D eigenvalue weighted by atomic mass is 16.5. The van der Waals surface area contributed by atoms with Gasteiger partial charge in [0.25, 0.3) is 5.91 Å². The summed E-state index contributed by atoms with van der Waals surface area (Å²) in [5, 5.41) is 3.91. The van der Waals surface area contributed by atoms with Crippen LogP contribution < -0.4 is 4.90 Å². The Morgan fingerprint density at radius 1 is 1.04 bits per heavy atom. The van der Waals surface area contributed by atoms with Crippen LogP contribution in [0.1, 0.15) is 19.2 Å². The lowest BCUT2D eigenvalue weighted by molar-refractivity contribution is -0.147. The van der Waals surface area contributed by atoms with Crippen LogP contribution in [0.5, 0.6) is 0 Å². The molecule has 1 amide bonds. The highest BCUT2D eigenvalue weighted by Gasteiger charge is 2.17. The van der Waals surface area contributed by atoms with E-state index in [9.17, 15) is 9.59 Å². The molecule has 0 spiro atoms. The first kappa shape index (κ1) is 19.3. The molecule has 7 nitrogen and oxygen atoms in total. The summed E-state index contributed by atoms with van der Waals surface area (Å²) in [5.41, 5.74) is 1.61. The molecule has 2 aromatic carbocycles. The predicted octanol–water partition coefficient (Wildman–Crippen LogP) is 3.27. The average Bonchev–Trinajstić information content (AvgIpc) is 3.22. The van der Waals surface area contributed by atoms with Crippen LogP contribution >= 0.6 is 0 Å².